The van der Waals surface area contributed by atoms with Crippen LogP contribution in [-0.2, 0) is 4.74 Å². The lowest BCUT2D eigenvalue weighted by Gasteiger charge is -2.01. The molecule has 0 fully saturated rings. The van der Waals surface area contributed by atoms with Gasteiger partial charge in [-0.2, -0.15) is 10.2 Å². The SMILES string of the molecule is CCOC(=O)c1ccc(N=Nc2ccc(O)c(Cl)c2)cc1. The van der Waals surface area contributed by atoms with Gasteiger partial charge in [-0.1, -0.05) is 11.6 Å². The van der Waals surface area contributed by atoms with E-state index >= 15 is 0 Å². The molecule has 0 saturated carbocycles. The van der Waals surface area contributed by atoms with Crippen LogP contribution in [0.3, 0.4) is 0 Å². The molecule has 0 bridgehead atoms. The van der Waals surface area contributed by atoms with E-state index in [1.807, 2.05) is 0 Å². The molecule has 1 N–H and O–H groups in total. The minimum Gasteiger partial charge on any atom is -0.506 e. The molecule has 6 heteroatoms. The number of aromatic hydroxyl groups is 1. The lowest BCUT2D eigenvalue weighted by atomic mass is 10.2. The fourth-order valence-electron chi connectivity index (χ4n) is 1.55. The third-order valence-electron chi connectivity index (χ3n) is 2.59. The van der Waals surface area contributed by atoms with Gasteiger partial charge in [0.1, 0.15) is 5.75 Å². The standard InChI is InChI=1S/C15H13ClN2O3/c1-2-21-15(20)10-3-5-11(6-4-10)17-18-12-7-8-14(19)13(16)9-12/h3-9,19H,2H2,1H3. The number of ether oxygens (including phenoxy) is 1. The number of phenolic OH excluding ortho intramolecular Hbond substituents is 1. The number of benzene rings is 2. The van der Waals surface area contributed by atoms with E-state index in [-0.39, 0.29) is 16.7 Å². The Kier molecular flexibility index (Phi) is 4.90. The molecule has 0 amide bonds. The number of halogens is 1. The molecule has 108 valence electrons. The molecule has 21 heavy (non-hydrogen) atoms. The normalized spacial score (nSPS) is 10.8. The van der Waals surface area contributed by atoms with E-state index in [1.165, 1.54) is 12.1 Å². The summed E-state index contributed by atoms with van der Waals surface area (Å²) in [5.74, 6) is -0.374. The van der Waals surface area contributed by atoms with Gasteiger partial charge in [0.15, 0.2) is 0 Å². The summed E-state index contributed by atoms with van der Waals surface area (Å²) in [4.78, 5) is 11.5. The highest BCUT2D eigenvalue weighted by Gasteiger charge is 2.05. The van der Waals surface area contributed by atoms with Crippen LogP contribution in [0.15, 0.2) is 52.7 Å². The monoisotopic (exact) mass is 304 g/mol. The molecule has 0 heterocycles. The topological polar surface area (TPSA) is 71.2 Å². The lowest BCUT2D eigenvalue weighted by molar-refractivity contribution is 0.0526. The van der Waals surface area contributed by atoms with Gasteiger partial charge in [-0.3, -0.25) is 0 Å². The molecule has 0 unspecified atom stereocenters. The first kappa shape index (κ1) is 15.0. The van der Waals surface area contributed by atoms with Crippen LogP contribution in [0, 0.1) is 0 Å². The Balaban J connectivity index is 2.10. The molecule has 0 atom stereocenters. The average molecular weight is 305 g/mol. The summed E-state index contributed by atoms with van der Waals surface area (Å²) in [6.45, 7) is 2.09. The smallest absolute Gasteiger partial charge is 0.338 e. The zero-order chi connectivity index (χ0) is 15.2. The third-order valence-corrected chi connectivity index (χ3v) is 2.89. The number of carbonyl (C=O) groups is 1. The van der Waals surface area contributed by atoms with Crippen molar-refractivity contribution in [2.45, 2.75) is 6.92 Å². The van der Waals surface area contributed by atoms with Crippen molar-refractivity contribution in [3.63, 3.8) is 0 Å². The van der Waals surface area contributed by atoms with Crippen LogP contribution in [-0.4, -0.2) is 17.7 Å². The van der Waals surface area contributed by atoms with Crippen LogP contribution >= 0.6 is 11.6 Å². The van der Waals surface area contributed by atoms with Crippen molar-refractivity contribution in [2.24, 2.45) is 10.2 Å². The Bertz CT molecular complexity index is 669. The Morgan fingerprint density at radius 1 is 1.14 bits per heavy atom. The molecule has 0 aliphatic heterocycles. The van der Waals surface area contributed by atoms with Crippen molar-refractivity contribution in [1.29, 1.82) is 0 Å². The van der Waals surface area contributed by atoms with Gasteiger partial charge < -0.3 is 9.84 Å². The van der Waals surface area contributed by atoms with Gasteiger partial charge in [-0.05, 0) is 49.4 Å². The van der Waals surface area contributed by atoms with Gasteiger partial charge in [0.25, 0.3) is 0 Å². The van der Waals surface area contributed by atoms with Crippen LogP contribution in [0.25, 0.3) is 0 Å². The Morgan fingerprint density at radius 2 is 1.76 bits per heavy atom. The van der Waals surface area contributed by atoms with Crippen molar-refractivity contribution >= 4 is 28.9 Å². The number of hydrogen-bond acceptors (Lipinski definition) is 5. The van der Waals surface area contributed by atoms with Crippen LogP contribution in [0.1, 0.15) is 17.3 Å². The zero-order valence-corrected chi connectivity index (χ0v) is 12.0. The maximum absolute atomic E-state index is 11.5. The van der Waals surface area contributed by atoms with Crippen molar-refractivity contribution in [3.05, 3.63) is 53.1 Å². The van der Waals surface area contributed by atoms with Crippen LogP contribution < -0.4 is 0 Å². The number of hydrogen-bond donors (Lipinski definition) is 1. The highest BCUT2D eigenvalue weighted by atomic mass is 35.5. The summed E-state index contributed by atoms with van der Waals surface area (Å²) < 4.78 is 4.89. The van der Waals surface area contributed by atoms with Gasteiger partial charge in [0, 0.05) is 0 Å². The van der Waals surface area contributed by atoms with Crippen molar-refractivity contribution in [3.8, 4) is 5.75 Å². The van der Waals surface area contributed by atoms with E-state index in [0.717, 1.165) is 0 Å². The van der Waals surface area contributed by atoms with E-state index < -0.39 is 0 Å². The van der Waals surface area contributed by atoms with Crippen LogP contribution in [0.4, 0.5) is 11.4 Å². The maximum Gasteiger partial charge on any atom is 0.338 e. The first-order valence-corrected chi connectivity index (χ1v) is 6.65. The van der Waals surface area contributed by atoms with E-state index in [2.05, 4.69) is 10.2 Å². The number of nitrogens with zero attached hydrogens (tertiary/aromatic N) is 2. The first-order valence-electron chi connectivity index (χ1n) is 6.27. The molecule has 2 aromatic carbocycles. The second-order valence-electron chi connectivity index (χ2n) is 4.10. The molecule has 2 rings (SSSR count). The Morgan fingerprint density at radius 3 is 2.38 bits per heavy atom. The fraction of sp³-hybridized carbons (Fsp3) is 0.133. The molecule has 0 spiro atoms. The van der Waals surface area contributed by atoms with Crippen LogP contribution in [0.5, 0.6) is 5.75 Å². The second kappa shape index (κ2) is 6.85. The lowest BCUT2D eigenvalue weighted by Crippen LogP contribution is -2.03. The highest BCUT2D eigenvalue weighted by Crippen LogP contribution is 2.28. The van der Waals surface area contributed by atoms with Gasteiger partial charge in [-0.15, -0.1) is 0 Å². The van der Waals surface area contributed by atoms with Gasteiger partial charge in [-0.25, -0.2) is 4.79 Å². The first-order chi connectivity index (χ1) is 10.1. The van der Waals surface area contributed by atoms with Gasteiger partial charge >= 0.3 is 5.97 Å². The quantitative estimate of drug-likeness (QED) is 0.660. The number of esters is 1. The summed E-state index contributed by atoms with van der Waals surface area (Å²) >= 11 is 5.78. The van der Waals surface area contributed by atoms with E-state index in [1.54, 1.807) is 37.3 Å². The van der Waals surface area contributed by atoms with E-state index in [9.17, 15) is 9.90 Å². The van der Waals surface area contributed by atoms with Gasteiger partial charge in [0.2, 0.25) is 0 Å². The molecule has 5 nitrogen and oxygen atoms in total. The molecule has 0 aliphatic rings. The summed E-state index contributed by atoms with van der Waals surface area (Å²) in [7, 11) is 0. The van der Waals surface area contributed by atoms with Crippen molar-refractivity contribution in [1.82, 2.24) is 0 Å². The number of carbonyl (C=O) groups excluding carboxylic acids is 1. The maximum atomic E-state index is 11.5. The summed E-state index contributed by atoms with van der Waals surface area (Å²) in [6.07, 6.45) is 0. The molecule has 0 saturated heterocycles. The van der Waals surface area contributed by atoms with Crippen molar-refractivity contribution in [2.75, 3.05) is 6.61 Å². The zero-order valence-electron chi connectivity index (χ0n) is 11.3. The Hall–Kier alpha value is -2.40. The number of rotatable bonds is 4. The summed E-state index contributed by atoms with van der Waals surface area (Å²) in [6, 6.07) is 11.1. The molecule has 0 aliphatic carbocycles. The molecular formula is C15H13ClN2O3. The average Bonchev–Trinajstić information content (AvgIpc) is 2.49. The minimum absolute atomic E-state index is 0.00518. The molecular weight excluding hydrogens is 292 g/mol. The number of phenols is 1. The third kappa shape index (κ3) is 4.03. The Labute approximate surface area is 126 Å². The summed E-state index contributed by atoms with van der Waals surface area (Å²) in [5.41, 5.74) is 1.57. The van der Waals surface area contributed by atoms with E-state index in [4.69, 9.17) is 16.3 Å². The van der Waals surface area contributed by atoms with E-state index in [0.29, 0.717) is 23.5 Å². The largest absolute Gasteiger partial charge is 0.506 e. The van der Waals surface area contributed by atoms with Crippen LogP contribution in [0.2, 0.25) is 5.02 Å². The number of azo groups is 1. The molecule has 0 radical (unpaired) electrons. The highest BCUT2D eigenvalue weighted by molar-refractivity contribution is 6.32. The minimum atomic E-state index is -0.369. The van der Waals surface area contributed by atoms with Gasteiger partial charge in [0.05, 0.1) is 28.6 Å². The summed E-state index contributed by atoms with van der Waals surface area (Å²) in [5, 5.41) is 17.5. The second-order valence-corrected chi connectivity index (χ2v) is 4.51. The predicted octanol–water partition coefficient (Wildman–Crippen LogP) is 4.64. The fourth-order valence-corrected chi connectivity index (χ4v) is 1.73. The molecule has 2 aromatic rings. The molecule has 0 aromatic heterocycles. The predicted molar refractivity (Wildman–Crippen MR) is 79.7 cm³/mol. The van der Waals surface area contributed by atoms with Crippen molar-refractivity contribution < 1.29 is 14.6 Å².